The van der Waals surface area contributed by atoms with Crippen LogP contribution in [0.4, 0.5) is 0 Å². The molecule has 1 unspecified atom stereocenters. The number of nitrogens with zero attached hydrogens (tertiary/aromatic N) is 1. The van der Waals surface area contributed by atoms with Gasteiger partial charge in [0.2, 0.25) is 0 Å². The second-order valence-electron chi connectivity index (χ2n) is 4.54. The van der Waals surface area contributed by atoms with Gasteiger partial charge in [0.05, 0.1) is 0 Å². The van der Waals surface area contributed by atoms with E-state index in [-0.39, 0.29) is 0 Å². The Morgan fingerprint density at radius 1 is 1.47 bits per heavy atom. The molecule has 0 aromatic carbocycles. The number of aromatic nitrogens is 1. The summed E-state index contributed by atoms with van der Waals surface area (Å²) >= 11 is 0. The van der Waals surface area contributed by atoms with Gasteiger partial charge in [-0.25, -0.2) is 0 Å². The largest absolute Gasteiger partial charge is 0.317 e. The highest BCUT2D eigenvalue weighted by Gasteiger charge is 2.21. The van der Waals surface area contributed by atoms with Crippen molar-refractivity contribution in [2.24, 2.45) is 5.92 Å². The molecule has 1 heterocycles. The number of hydrogen-bond acceptors (Lipinski definition) is 2. The van der Waals surface area contributed by atoms with Crippen LogP contribution < -0.4 is 5.32 Å². The maximum absolute atomic E-state index is 4.38. The third kappa shape index (κ3) is 3.03. The average molecular weight is 204 g/mol. The van der Waals surface area contributed by atoms with Crippen LogP contribution in [0.15, 0.2) is 24.4 Å². The van der Waals surface area contributed by atoms with Crippen LogP contribution in [0.25, 0.3) is 0 Å². The molecule has 1 fully saturated rings. The molecule has 2 nitrogen and oxygen atoms in total. The third-order valence-electron chi connectivity index (χ3n) is 3.43. The Labute approximate surface area is 92.1 Å². The molecule has 2 heteroatoms. The lowest BCUT2D eigenvalue weighted by atomic mass is 9.80. The number of nitrogens with one attached hydrogen (secondary N) is 1. The van der Waals surface area contributed by atoms with E-state index in [0.29, 0.717) is 6.04 Å². The van der Waals surface area contributed by atoms with Crippen LogP contribution in [0, 0.1) is 5.92 Å². The van der Waals surface area contributed by atoms with Crippen LogP contribution in [0.5, 0.6) is 0 Å². The first kappa shape index (κ1) is 10.6. The van der Waals surface area contributed by atoms with E-state index < -0.39 is 0 Å². The fourth-order valence-electron chi connectivity index (χ4n) is 2.21. The number of rotatable bonds is 5. The molecule has 0 spiro atoms. The van der Waals surface area contributed by atoms with E-state index in [9.17, 15) is 0 Å². The zero-order chi connectivity index (χ0) is 10.5. The highest BCUT2D eigenvalue weighted by Crippen LogP contribution is 2.30. The minimum atomic E-state index is 0.602. The maximum atomic E-state index is 4.38. The van der Waals surface area contributed by atoms with E-state index in [1.807, 2.05) is 12.3 Å². The van der Waals surface area contributed by atoms with Gasteiger partial charge in [0.15, 0.2) is 0 Å². The lowest BCUT2D eigenvalue weighted by Crippen LogP contribution is -2.32. The summed E-state index contributed by atoms with van der Waals surface area (Å²) < 4.78 is 0. The molecule has 1 N–H and O–H groups in total. The summed E-state index contributed by atoms with van der Waals surface area (Å²) in [5.41, 5.74) is 1.20. The fourth-order valence-corrected chi connectivity index (χ4v) is 2.21. The van der Waals surface area contributed by atoms with Gasteiger partial charge in [-0.15, -0.1) is 0 Å². The molecule has 82 valence electrons. The highest BCUT2D eigenvalue weighted by molar-refractivity contribution is 5.05. The van der Waals surface area contributed by atoms with Crippen molar-refractivity contribution >= 4 is 0 Å². The van der Waals surface area contributed by atoms with Gasteiger partial charge < -0.3 is 5.32 Å². The van der Waals surface area contributed by atoms with Gasteiger partial charge in [-0.1, -0.05) is 25.3 Å². The molecule has 1 aromatic rings. The Morgan fingerprint density at radius 3 is 2.87 bits per heavy atom. The van der Waals surface area contributed by atoms with E-state index in [1.165, 1.54) is 31.4 Å². The van der Waals surface area contributed by atoms with Crippen molar-refractivity contribution in [2.75, 3.05) is 7.05 Å². The van der Waals surface area contributed by atoms with Gasteiger partial charge in [-0.05, 0) is 31.5 Å². The van der Waals surface area contributed by atoms with Crippen LogP contribution in [-0.4, -0.2) is 18.1 Å². The first-order chi connectivity index (χ1) is 7.38. The summed E-state index contributed by atoms with van der Waals surface area (Å²) in [6.07, 6.45) is 8.55. The Morgan fingerprint density at radius 2 is 2.33 bits per heavy atom. The molecule has 1 aliphatic carbocycles. The zero-order valence-corrected chi connectivity index (χ0v) is 9.45. The first-order valence-corrected chi connectivity index (χ1v) is 5.95. The maximum Gasteiger partial charge on any atom is 0.0419 e. The average Bonchev–Trinajstić information content (AvgIpc) is 2.23. The van der Waals surface area contributed by atoms with E-state index in [0.717, 1.165) is 12.3 Å². The third-order valence-corrected chi connectivity index (χ3v) is 3.43. The van der Waals surface area contributed by atoms with Gasteiger partial charge in [0.1, 0.15) is 0 Å². The van der Waals surface area contributed by atoms with Gasteiger partial charge in [-0.2, -0.15) is 0 Å². The number of hydrogen-bond donors (Lipinski definition) is 1. The van der Waals surface area contributed by atoms with E-state index in [4.69, 9.17) is 0 Å². The molecule has 2 rings (SSSR count). The van der Waals surface area contributed by atoms with Gasteiger partial charge in [-0.3, -0.25) is 4.98 Å². The second-order valence-corrected chi connectivity index (χ2v) is 4.54. The van der Waals surface area contributed by atoms with Crippen molar-refractivity contribution in [3.8, 4) is 0 Å². The predicted octanol–water partition coefficient (Wildman–Crippen LogP) is 2.40. The van der Waals surface area contributed by atoms with Crippen molar-refractivity contribution in [3.63, 3.8) is 0 Å². The Balaban J connectivity index is 1.84. The molecule has 1 aliphatic rings. The standard InChI is InChI=1S/C13H20N2/c1-14-13(9-11-5-4-6-11)10-12-7-2-3-8-15-12/h2-3,7-8,11,13-14H,4-6,9-10H2,1H3. The summed E-state index contributed by atoms with van der Waals surface area (Å²) in [4.78, 5) is 4.38. The molecule has 0 bridgehead atoms. The van der Waals surface area contributed by atoms with Crippen LogP contribution in [0.2, 0.25) is 0 Å². The highest BCUT2D eigenvalue weighted by atomic mass is 14.9. The topological polar surface area (TPSA) is 24.9 Å². The lowest BCUT2D eigenvalue weighted by Gasteiger charge is -2.29. The van der Waals surface area contributed by atoms with Crippen LogP contribution in [-0.2, 0) is 6.42 Å². The summed E-state index contributed by atoms with van der Waals surface area (Å²) in [6.45, 7) is 0. The Hall–Kier alpha value is -0.890. The molecule has 0 amide bonds. The molecule has 1 saturated carbocycles. The zero-order valence-electron chi connectivity index (χ0n) is 9.45. The van der Waals surface area contributed by atoms with Crippen molar-refractivity contribution in [1.29, 1.82) is 0 Å². The summed E-state index contributed by atoms with van der Waals surface area (Å²) in [5.74, 6) is 0.964. The van der Waals surface area contributed by atoms with Crippen LogP contribution in [0.1, 0.15) is 31.4 Å². The van der Waals surface area contributed by atoms with Crippen LogP contribution >= 0.6 is 0 Å². The van der Waals surface area contributed by atoms with Crippen molar-refractivity contribution in [1.82, 2.24) is 10.3 Å². The molecular weight excluding hydrogens is 184 g/mol. The second kappa shape index (κ2) is 5.26. The van der Waals surface area contributed by atoms with Crippen LogP contribution in [0.3, 0.4) is 0 Å². The normalized spacial score (nSPS) is 18.5. The van der Waals surface area contributed by atoms with Crippen molar-refractivity contribution in [2.45, 2.75) is 38.1 Å². The SMILES string of the molecule is CNC(Cc1ccccn1)CC1CCC1. The molecule has 1 atom stereocenters. The molecule has 0 aliphatic heterocycles. The number of pyridine rings is 1. The summed E-state index contributed by atoms with van der Waals surface area (Å²) in [7, 11) is 2.06. The fraction of sp³-hybridized carbons (Fsp3) is 0.615. The van der Waals surface area contributed by atoms with Crippen molar-refractivity contribution < 1.29 is 0 Å². The monoisotopic (exact) mass is 204 g/mol. The molecule has 1 aromatic heterocycles. The summed E-state index contributed by atoms with van der Waals surface area (Å²) in [5, 5.41) is 3.41. The predicted molar refractivity (Wildman–Crippen MR) is 62.7 cm³/mol. The summed E-state index contributed by atoms with van der Waals surface area (Å²) in [6, 6.07) is 6.76. The molecular formula is C13H20N2. The minimum absolute atomic E-state index is 0.602. The minimum Gasteiger partial charge on any atom is -0.317 e. The first-order valence-electron chi connectivity index (χ1n) is 5.95. The van der Waals surface area contributed by atoms with E-state index in [1.54, 1.807) is 0 Å². The molecule has 0 radical (unpaired) electrons. The molecule has 15 heavy (non-hydrogen) atoms. The van der Waals surface area contributed by atoms with Gasteiger partial charge in [0, 0.05) is 24.4 Å². The Kier molecular flexibility index (Phi) is 3.73. The van der Waals surface area contributed by atoms with E-state index >= 15 is 0 Å². The van der Waals surface area contributed by atoms with Gasteiger partial charge in [0.25, 0.3) is 0 Å². The smallest absolute Gasteiger partial charge is 0.0419 e. The Bertz CT molecular complexity index is 280. The molecule has 0 saturated heterocycles. The number of likely N-dealkylation sites (N-methyl/N-ethyl adjacent to an activating group) is 1. The van der Waals surface area contributed by atoms with Crippen molar-refractivity contribution in [3.05, 3.63) is 30.1 Å². The van der Waals surface area contributed by atoms with Gasteiger partial charge >= 0.3 is 0 Å². The quantitative estimate of drug-likeness (QED) is 0.796. The lowest BCUT2D eigenvalue weighted by molar-refractivity contribution is 0.263. The van der Waals surface area contributed by atoms with E-state index in [2.05, 4.69) is 29.5 Å².